The minimum atomic E-state index is -0.593. The van der Waals surface area contributed by atoms with Crippen molar-refractivity contribution in [3.05, 3.63) is 114 Å². The molecule has 7 nitrogen and oxygen atoms in total. The first kappa shape index (κ1) is 25.9. The van der Waals surface area contributed by atoms with E-state index >= 15 is 0 Å². The molecule has 1 aliphatic heterocycles. The predicted octanol–water partition coefficient (Wildman–Crippen LogP) is 4.29. The summed E-state index contributed by atoms with van der Waals surface area (Å²) in [5, 5.41) is 2.71. The molecule has 1 heterocycles. The number of nitrogens with one attached hydrogen (secondary N) is 1. The fraction of sp³-hybridized carbons (Fsp3) is 0.233. The van der Waals surface area contributed by atoms with Crippen LogP contribution in [0.1, 0.15) is 34.5 Å². The molecule has 7 heteroatoms. The van der Waals surface area contributed by atoms with Crippen LogP contribution in [-0.2, 0) is 14.3 Å². The van der Waals surface area contributed by atoms with Crippen molar-refractivity contribution in [3.8, 4) is 0 Å². The molecule has 0 aromatic heterocycles. The van der Waals surface area contributed by atoms with Gasteiger partial charge < -0.3 is 15.0 Å². The molecular weight excluding hydrogens is 466 g/mol. The predicted molar refractivity (Wildman–Crippen MR) is 143 cm³/mol. The Bertz CT molecular complexity index is 1200. The van der Waals surface area contributed by atoms with Gasteiger partial charge in [0.05, 0.1) is 23.9 Å². The Labute approximate surface area is 217 Å². The highest BCUT2D eigenvalue weighted by Gasteiger charge is 2.29. The van der Waals surface area contributed by atoms with Gasteiger partial charge in [0.2, 0.25) is 5.91 Å². The van der Waals surface area contributed by atoms with Gasteiger partial charge in [-0.15, -0.1) is 0 Å². The number of para-hydroxylation sites is 1. The number of carbonyl (C=O) groups is 3. The molecule has 0 saturated carbocycles. The van der Waals surface area contributed by atoms with Crippen molar-refractivity contribution in [2.75, 3.05) is 38.1 Å². The number of amides is 2. The van der Waals surface area contributed by atoms with Gasteiger partial charge >= 0.3 is 5.97 Å². The van der Waals surface area contributed by atoms with Crippen LogP contribution in [0.2, 0.25) is 0 Å². The number of nitrogens with zero attached hydrogens (tertiary/aromatic N) is 2. The molecule has 0 radical (unpaired) electrons. The SMILES string of the molecule is CCOC(=O)/C=C/C(=O)Nc1ccccc1C(=O)N1CCN(C(c2ccccc2)c2ccccc2)CC1. The summed E-state index contributed by atoms with van der Waals surface area (Å²) in [5.74, 6) is -1.24. The molecule has 0 atom stereocenters. The van der Waals surface area contributed by atoms with E-state index in [1.807, 2.05) is 17.0 Å². The second-order valence-electron chi connectivity index (χ2n) is 8.67. The highest BCUT2D eigenvalue weighted by molar-refractivity contribution is 6.07. The fourth-order valence-electron chi connectivity index (χ4n) is 4.53. The summed E-state index contributed by atoms with van der Waals surface area (Å²) in [4.78, 5) is 41.5. The number of piperazine rings is 1. The first-order valence-corrected chi connectivity index (χ1v) is 12.4. The Morgan fingerprint density at radius 1 is 0.811 bits per heavy atom. The molecule has 1 saturated heterocycles. The molecule has 0 bridgehead atoms. The zero-order valence-electron chi connectivity index (χ0n) is 20.9. The topological polar surface area (TPSA) is 78.9 Å². The maximum Gasteiger partial charge on any atom is 0.330 e. The summed E-state index contributed by atoms with van der Waals surface area (Å²) in [6, 6.07) is 27.8. The number of anilines is 1. The molecule has 37 heavy (non-hydrogen) atoms. The maximum atomic E-state index is 13.4. The molecule has 1 aliphatic rings. The fourth-order valence-corrected chi connectivity index (χ4v) is 4.53. The summed E-state index contributed by atoms with van der Waals surface area (Å²) in [6.07, 6.45) is 2.17. The van der Waals surface area contributed by atoms with Gasteiger partial charge in [-0.05, 0) is 30.2 Å². The van der Waals surface area contributed by atoms with E-state index < -0.39 is 11.9 Å². The molecule has 190 valence electrons. The largest absolute Gasteiger partial charge is 0.463 e. The highest BCUT2D eigenvalue weighted by Crippen LogP contribution is 2.30. The summed E-state index contributed by atoms with van der Waals surface area (Å²) in [5.41, 5.74) is 3.26. The molecule has 0 spiro atoms. The Balaban J connectivity index is 1.44. The molecule has 3 aromatic rings. The standard InChI is InChI=1S/C30H31N3O4/c1-2-37-28(35)18-17-27(34)31-26-16-10-9-15-25(26)30(36)33-21-19-32(20-22-33)29(23-11-5-3-6-12-23)24-13-7-4-8-14-24/h3-18,29H,2,19-22H2,1H3,(H,31,34)/b18-17+. The highest BCUT2D eigenvalue weighted by atomic mass is 16.5. The lowest BCUT2D eigenvalue weighted by atomic mass is 9.96. The van der Waals surface area contributed by atoms with Crippen LogP contribution in [0.3, 0.4) is 0 Å². The number of carbonyl (C=O) groups excluding carboxylic acids is 3. The Morgan fingerprint density at radius 3 is 1.97 bits per heavy atom. The number of hydrogen-bond acceptors (Lipinski definition) is 5. The van der Waals surface area contributed by atoms with E-state index in [4.69, 9.17) is 4.74 Å². The van der Waals surface area contributed by atoms with Gasteiger partial charge in [-0.2, -0.15) is 0 Å². The summed E-state index contributed by atoms with van der Waals surface area (Å²) < 4.78 is 4.80. The van der Waals surface area contributed by atoms with Crippen molar-refractivity contribution < 1.29 is 19.1 Å². The van der Waals surface area contributed by atoms with E-state index in [1.54, 1.807) is 31.2 Å². The van der Waals surface area contributed by atoms with Crippen molar-refractivity contribution in [3.63, 3.8) is 0 Å². The third kappa shape index (κ3) is 6.71. The normalized spacial score (nSPS) is 14.1. The third-order valence-electron chi connectivity index (χ3n) is 6.27. The van der Waals surface area contributed by atoms with Crippen LogP contribution < -0.4 is 5.32 Å². The van der Waals surface area contributed by atoms with Crippen LogP contribution in [0.5, 0.6) is 0 Å². The third-order valence-corrected chi connectivity index (χ3v) is 6.27. The monoisotopic (exact) mass is 497 g/mol. The number of benzene rings is 3. The Kier molecular flexibility index (Phi) is 8.84. The lowest BCUT2D eigenvalue weighted by Gasteiger charge is -2.40. The van der Waals surface area contributed by atoms with E-state index in [0.717, 1.165) is 25.2 Å². The van der Waals surface area contributed by atoms with Crippen LogP contribution in [0.15, 0.2) is 97.1 Å². The van der Waals surface area contributed by atoms with Crippen LogP contribution in [0, 0.1) is 0 Å². The van der Waals surface area contributed by atoms with E-state index in [9.17, 15) is 14.4 Å². The maximum absolute atomic E-state index is 13.4. The molecule has 0 aliphatic carbocycles. The van der Waals surface area contributed by atoms with Gasteiger partial charge in [0.15, 0.2) is 0 Å². The van der Waals surface area contributed by atoms with Crippen LogP contribution in [0.25, 0.3) is 0 Å². The smallest absolute Gasteiger partial charge is 0.330 e. The second kappa shape index (κ2) is 12.6. The van der Waals surface area contributed by atoms with Crippen molar-refractivity contribution in [2.24, 2.45) is 0 Å². The summed E-state index contributed by atoms with van der Waals surface area (Å²) >= 11 is 0. The molecule has 3 aromatic carbocycles. The van der Waals surface area contributed by atoms with E-state index in [-0.39, 0.29) is 18.6 Å². The first-order chi connectivity index (χ1) is 18.1. The zero-order chi connectivity index (χ0) is 26.0. The van der Waals surface area contributed by atoms with E-state index in [2.05, 4.69) is 58.7 Å². The van der Waals surface area contributed by atoms with Gasteiger partial charge in [0.1, 0.15) is 0 Å². The minimum absolute atomic E-state index is 0.109. The van der Waals surface area contributed by atoms with Gasteiger partial charge in [0, 0.05) is 38.3 Å². The molecule has 1 N–H and O–H groups in total. The number of esters is 1. The van der Waals surface area contributed by atoms with Gasteiger partial charge in [-0.1, -0.05) is 72.8 Å². The molecule has 4 rings (SSSR count). The summed E-state index contributed by atoms with van der Waals surface area (Å²) in [7, 11) is 0. The van der Waals surface area contributed by atoms with Crippen LogP contribution in [0.4, 0.5) is 5.69 Å². The average molecular weight is 498 g/mol. The molecular formula is C30H31N3O4. The van der Waals surface area contributed by atoms with Crippen molar-refractivity contribution in [1.82, 2.24) is 9.80 Å². The van der Waals surface area contributed by atoms with Crippen LogP contribution in [-0.4, -0.2) is 60.4 Å². The Morgan fingerprint density at radius 2 is 1.38 bits per heavy atom. The quantitative estimate of drug-likeness (QED) is 0.371. The zero-order valence-corrected chi connectivity index (χ0v) is 20.9. The van der Waals surface area contributed by atoms with Gasteiger partial charge in [-0.3, -0.25) is 14.5 Å². The lowest BCUT2D eigenvalue weighted by Crippen LogP contribution is -2.50. The van der Waals surface area contributed by atoms with Gasteiger partial charge in [-0.25, -0.2) is 4.79 Å². The minimum Gasteiger partial charge on any atom is -0.463 e. The lowest BCUT2D eigenvalue weighted by molar-refractivity contribution is -0.137. The van der Waals surface area contributed by atoms with E-state index in [1.165, 1.54) is 11.1 Å². The number of hydrogen-bond donors (Lipinski definition) is 1. The molecule has 1 fully saturated rings. The van der Waals surface area contributed by atoms with Crippen molar-refractivity contribution in [2.45, 2.75) is 13.0 Å². The Hall–Kier alpha value is -4.23. The number of ether oxygens (including phenoxy) is 1. The van der Waals surface area contributed by atoms with Gasteiger partial charge in [0.25, 0.3) is 5.91 Å². The molecule has 0 unspecified atom stereocenters. The van der Waals surface area contributed by atoms with Crippen molar-refractivity contribution >= 4 is 23.5 Å². The molecule has 2 amide bonds. The number of rotatable bonds is 8. The first-order valence-electron chi connectivity index (χ1n) is 12.4. The average Bonchev–Trinajstić information content (AvgIpc) is 2.94. The second-order valence-corrected chi connectivity index (χ2v) is 8.67. The van der Waals surface area contributed by atoms with Crippen molar-refractivity contribution in [1.29, 1.82) is 0 Å². The van der Waals surface area contributed by atoms with Crippen LogP contribution >= 0.6 is 0 Å². The summed E-state index contributed by atoms with van der Waals surface area (Å²) in [6.45, 7) is 4.50. The van der Waals surface area contributed by atoms with E-state index in [0.29, 0.717) is 24.3 Å².